The molecule has 0 spiro atoms. The molecule has 8 N–H and O–H groups in total. The zero-order valence-corrected chi connectivity index (χ0v) is 30.0. The van der Waals surface area contributed by atoms with Gasteiger partial charge in [-0.25, -0.2) is 4.79 Å². The minimum absolute atomic E-state index is 0.109. The number of nitrogens with one attached hydrogen (secondary N) is 2. The summed E-state index contributed by atoms with van der Waals surface area (Å²) in [6, 6.07) is -0.256. The monoisotopic (exact) mass is 650 g/mol. The number of carbonyl (C=O) groups is 2. The average molecular weight is 650 g/mol. The van der Waals surface area contributed by atoms with Crippen LogP contribution in [0.1, 0.15) is 129 Å². The van der Waals surface area contributed by atoms with Crippen LogP contribution >= 0.6 is 0 Å². The first-order valence-corrected chi connectivity index (χ1v) is 19.0. The quantitative estimate of drug-likeness (QED) is 0.0426. The first-order valence-electron chi connectivity index (χ1n) is 19.0. The van der Waals surface area contributed by atoms with Gasteiger partial charge in [0.15, 0.2) is 5.78 Å². The maximum Gasteiger partial charge on any atom is 0.315 e. The van der Waals surface area contributed by atoms with Crippen molar-refractivity contribution >= 4 is 11.8 Å². The fourth-order valence-corrected chi connectivity index (χ4v) is 5.43. The number of ketones is 1. The number of rotatable bonds is 35. The topological polar surface area (TPSA) is 143 Å². The van der Waals surface area contributed by atoms with E-state index in [0.717, 1.165) is 117 Å². The summed E-state index contributed by atoms with van der Waals surface area (Å²) in [7, 11) is 0. The van der Waals surface area contributed by atoms with Crippen molar-refractivity contribution in [1.82, 2.24) is 20.4 Å². The Bertz CT molecular complexity index is 725. The lowest BCUT2D eigenvalue weighted by molar-refractivity contribution is -0.118. The van der Waals surface area contributed by atoms with Crippen molar-refractivity contribution in [3.63, 3.8) is 0 Å². The Hall–Kier alpha value is -1.78. The van der Waals surface area contributed by atoms with Gasteiger partial charge in [0.25, 0.3) is 0 Å². The number of urea groups is 1. The molecule has 0 aliphatic heterocycles. The highest BCUT2D eigenvalue weighted by atomic mass is 16.2. The number of unbranched alkanes of at least 4 members (excludes halogenated alkanes) is 10. The average Bonchev–Trinajstić information content (AvgIpc) is 3.06. The molecule has 0 fully saturated rings. The smallest absolute Gasteiger partial charge is 0.315 e. The van der Waals surface area contributed by atoms with Crippen molar-refractivity contribution in [3.05, 3.63) is 24.3 Å². The van der Waals surface area contributed by atoms with Gasteiger partial charge in [-0.1, -0.05) is 69.8 Å². The SMILES string of the molecule is CCCCC/C=C\C/C=C\CCCCCCCCC(=O)CNC(=O)NCCCN(CCCN)CCCCN(CCCN)CCCN. The van der Waals surface area contributed by atoms with Crippen molar-refractivity contribution < 1.29 is 9.59 Å². The Morgan fingerprint density at radius 1 is 0.543 bits per heavy atom. The molecule has 0 aliphatic rings. The van der Waals surface area contributed by atoms with Crippen LogP contribution in [0.3, 0.4) is 0 Å². The van der Waals surface area contributed by atoms with Crippen LogP contribution in [0.2, 0.25) is 0 Å². The predicted octanol–water partition coefficient (Wildman–Crippen LogP) is 5.88. The van der Waals surface area contributed by atoms with Gasteiger partial charge in [0.05, 0.1) is 6.54 Å². The molecule has 0 aromatic carbocycles. The molecule has 0 atom stereocenters. The largest absolute Gasteiger partial charge is 0.338 e. The number of nitrogens with two attached hydrogens (primary N) is 3. The van der Waals surface area contributed by atoms with Crippen molar-refractivity contribution in [2.75, 3.05) is 72.0 Å². The molecule has 0 aromatic rings. The lowest BCUT2D eigenvalue weighted by Crippen LogP contribution is -2.40. The third-order valence-corrected chi connectivity index (χ3v) is 8.27. The number of hydrogen-bond donors (Lipinski definition) is 5. The molecule has 9 heteroatoms. The van der Waals surface area contributed by atoms with Gasteiger partial charge in [-0.3, -0.25) is 4.79 Å². The summed E-state index contributed by atoms with van der Waals surface area (Å²) in [6.07, 6.45) is 30.2. The van der Waals surface area contributed by atoms with Gasteiger partial charge in [-0.05, 0) is 136 Å². The van der Waals surface area contributed by atoms with Crippen LogP contribution in [0.25, 0.3) is 0 Å². The fraction of sp³-hybridized carbons (Fsp3) is 0.838. The minimum atomic E-state index is -0.256. The van der Waals surface area contributed by atoms with E-state index in [-0.39, 0.29) is 18.4 Å². The van der Waals surface area contributed by atoms with Crippen LogP contribution < -0.4 is 27.8 Å². The Morgan fingerprint density at radius 3 is 1.57 bits per heavy atom. The number of allylic oxidation sites excluding steroid dienone is 4. The van der Waals surface area contributed by atoms with Gasteiger partial charge >= 0.3 is 6.03 Å². The molecule has 0 unspecified atom stereocenters. The number of amides is 2. The van der Waals surface area contributed by atoms with E-state index in [9.17, 15) is 9.59 Å². The van der Waals surface area contributed by atoms with Crippen LogP contribution in [-0.2, 0) is 4.79 Å². The molecular weight excluding hydrogens is 574 g/mol. The van der Waals surface area contributed by atoms with E-state index in [1.807, 2.05) is 0 Å². The van der Waals surface area contributed by atoms with Crippen LogP contribution in [0, 0.1) is 0 Å². The van der Waals surface area contributed by atoms with Crippen LogP contribution in [-0.4, -0.2) is 93.6 Å². The van der Waals surface area contributed by atoms with E-state index in [4.69, 9.17) is 17.2 Å². The predicted molar refractivity (Wildman–Crippen MR) is 198 cm³/mol. The maximum atomic E-state index is 12.2. The highest BCUT2D eigenvalue weighted by Crippen LogP contribution is 2.10. The number of carbonyl (C=O) groups excluding carboxylic acids is 2. The summed E-state index contributed by atoms with van der Waals surface area (Å²) < 4.78 is 0. The maximum absolute atomic E-state index is 12.2. The Balaban J connectivity index is 3.84. The molecule has 9 nitrogen and oxygen atoms in total. The van der Waals surface area contributed by atoms with Gasteiger partial charge in [0.1, 0.15) is 0 Å². The van der Waals surface area contributed by atoms with Crippen LogP contribution in [0.15, 0.2) is 24.3 Å². The van der Waals surface area contributed by atoms with Gasteiger partial charge < -0.3 is 37.6 Å². The van der Waals surface area contributed by atoms with E-state index < -0.39 is 0 Å². The molecule has 270 valence electrons. The third-order valence-electron chi connectivity index (χ3n) is 8.27. The lowest BCUT2D eigenvalue weighted by Gasteiger charge is -2.24. The fourth-order valence-electron chi connectivity index (χ4n) is 5.43. The zero-order valence-electron chi connectivity index (χ0n) is 30.0. The van der Waals surface area contributed by atoms with E-state index in [1.165, 1.54) is 51.4 Å². The second-order valence-electron chi connectivity index (χ2n) is 12.7. The second kappa shape index (κ2) is 36.1. The molecule has 0 saturated carbocycles. The molecule has 0 heterocycles. The molecule has 0 radical (unpaired) electrons. The van der Waals surface area contributed by atoms with Gasteiger partial charge in [0.2, 0.25) is 0 Å². The molecule has 0 aromatic heterocycles. The second-order valence-corrected chi connectivity index (χ2v) is 12.7. The number of nitrogens with zero attached hydrogens (tertiary/aromatic N) is 2. The summed E-state index contributed by atoms with van der Waals surface area (Å²) in [5, 5.41) is 5.64. The highest BCUT2D eigenvalue weighted by Gasteiger charge is 2.09. The molecule has 46 heavy (non-hydrogen) atoms. The third kappa shape index (κ3) is 32.2. The molecule has 0 rings (SSSR count). The van der Waals surface area contributed by atoms with Crippen LogP contribution in [0.5, 0.6) is 0 Å². The summed E-state index contributed by atoms with van der Waals surface area (Å²) in [5.74, 6) is 0.109. The minimum Gasteiger partial charge on any atom is -0.338 e. The Labute approximate surface area is 283 Å². The van der Waals surface area contributed by atoms with Crippen molar-refractivity contribution in [3.8, 4) is 0 Å². The normalized spacial score (nSPS) is 11.9. The van der Waals surface area contributed by atoms with Gasteiger partial charge in [-0.15, -0.1) is 0 Å². The molecule has 0 bridgehead atoms. The molecule has 0 aliphatic carbocycles. The van der Waals surface area contributed by atoms with E-state index >= 15 is 0 Å². The van der Waals surface area contributed by atoms with Crippen molar-refractivity contribution in [2.24, 2.45) is 17.2 Å². The van der Waals surface area contributed by atoms with Crippen molar-refractivity contribution in [2.45, 2.75) is 129 Å². The zero-order chi connectivity index (χ0) is 33.8. The first kappa shape index (κ1) is 44.2. The lowest BCUT2D eigenvalue weighted by atomic mass is 10.1. The Kier molecular flexibility index (Phi) is 34.7. The van der Waals surface area contributed by atoms with Gasteiger partial charge in [0, 0.05) is 13.0 Å². The Morgan fingerprint density at radius 2 is 1.02 bits per heavy atom. The van der Waals surface area contributed by atoms with Crippen molar-refractivity contribution in [1.29, 1.82) is 0 Å². The summed E-state index contributed by atoms with van der Waals surface area (Å²) >= 11 is 0. The molecule has 2 amide bonds. The first-order chi connectivity index (χ1) is 22.6. The van der Waals surface area contributed by atoms with E-state index in [1.54, 1.807) is 0 Å². The summed E-state index contributed by atoms with van der Waals surface area (Å²) in [4.78, 5) is 29.3. The van der Waals surface area contributed by atoms with E-state index in [0.29, 0.717) is 19.5 Å². The van der Waals surface area contributed by atoms with Crippen LogP contribution in [0.4, 0.5) is 4.79 Å². The standard InChI is InChI=1S/C37H75N7O2/c1-2-3-4-5-6-7-8-9-10-11-12-13-14-15-16-17-24-36(45)35-42-37(46)41-28-23-34-44(33-22-27-40)30-19-18-29-43(31-20-25-38)32-21-26-39/h6-7,9-10H,2-5,8,11-35,38-40H2,1H3,(H2,41,42,46)/b7-6-,10-9-. The summed E-state index contributed by atoms with van der Waals surface area (Å²) in [6.45, 7) is 11.2. The van der Waals surface area contributed by atoms with Gasteiger partial charge in [-0.2, -0.15) is 0 Å². The molecule has 0 saturated heterocycles. The molecular formula is C37H75N7O2. The number of Topliss-reactive ketones (excluding diaryl/α,β-unsaturated/α-hetero) is 1. The van der Waals surface area contributed by atoms with E-state index in [2.05, 4.69) is 51.7 Å². The highest BCUT2D eigenvalue weighted by molar-refractivity contribution is 5.85. The number of hydrogen-bond acceptors (Lipinski definition) is 7. The summed E-state index contributed by atoms with van der Waals surface area (Å²) in [5.41, 5.74) is 17.2.